The van der Waals surface area contributed by atoms with Crippen LogP contribution in [0.3, 0.4) is 0 Å². The lowest BCUT2D eigenvalue weighted by Crippen LogP contribution is -2.49. The highest BCUT2D eigenvalue weighted by Gasteiger charge is 2.53. The van der Waals surface area contributed by atoms with Crippen LogP contribution in [0.5, 0.6) is 0 Å². The van der Waals surface area contributed by atoms with Crippen molar-refractivity contribution in [3.63, 3.8) is 0 Å². The minimum atomic E-state index is -0.436. The Morgan fingerprint density at radius 1 is 1.16 bits per heavy atom. The van der Waals surface area contributed by atoms with Crippen molar-refractivity contribution >= 4 is 11.8 Å². The van der Waals surface area contributed by atoms with Gasteiger partial charge in [0, 0.05) is 36.1 Å². The smallest absolute Gasteiger partial charge is 0.0896 e. The third-order valence-electron chi connectivity index (χ3n) is 4.47. The number of nitrogens with zero attached hydrogens (tertiary/aromatic N) is 1. The summed E-state index contributed by atoms with van der Waals surface area (Å²) in [5, 5.41) is 10.6. The topological polar surface area (TPSA) is 32.7 Å². The summed E-state index contributed by atoms with van der Waals surface area (Å²) >= 11 is 2.05. The fourth-order valence-corrected chi connectivity index (χ4v) is 4.72. The Morgan fingerprint density at radius 2 is 1.79 bits per heavy atom. The van der Waals surface area contributed by atoms with E-state index in [4.69, 9.17) is 4.74 Å². The van der Waals surface area contributed by atoms with Gasteiger partial charge in [0.1, 0.15) is 0 Å². The summed E-state index contributed by atoms with van der Waals surface area (Å²) < 4.78 is 6.39. The fraction of sp³-hybridized carbons (Fsp3) is 1.00. The van der Waals surface area contributed by atoms with Gasteiger partial charge in [-0.15, -0.1) is 0 Å². The van der Waals surface area contributed by atoms with E-state index in [-0.39, 0.29) is 17.6 Å². The summed E-state index contributed by atoms with van der Waals surface area (Å²) in [6.07, 6.45) is -0.389. The standard InChI is InChI=1S/C15H29NO2S/c1-13(2)10-16(7-8-19-13)9-11-12(17)15(5,6)18-14(11,3)4/h11-12,17H,7-10H2,1-6H3. The molecule has 0 aliphatic carbocycles. The fourth-order valence-electron chi connectivity index (χ4n) is 3.55. The molecule has 112 valence electrons. The minimum absolute atomic E-state index is 0.182. The summed E-state index contributed by atoms with van der Waals surface area (Å²) in [6, 6.07) is 0. The highest BCUT2D eigenvalue weighted by molar-refractivity contribution is 8.00. The predicted molar refractivity (Wildman–Crippen MR) is 81.7 cm³/mol. The molecule has 0 aromatic carbocycles. The molecule has 19 heavy (non-hydrogen) atoms. The van der Waals surface area contributed by atoms with Gasteiger partial charge in [0.15, 0.2) is 0 Å². The molecule has 2 aliphatic heterocycles. The summed E-state index contributed by atoms with van der Waals surface area (Å²) in [5.41, 5.74) is -0.689. The molecule has 0 aromatic heterocycles. The first-order valence-corrected chi connectivity index (χ1v) is 8.27. The molecule has 2 atom stereocenters. The van der Waals surface area contributed by atoms with Gasteiger partial charge >= 0.3 is 0 Å². The number of hydrogen-bond acceptors (Lipinski definition) is 4. The summed E-state index contributed by atoms with van der Waals surface area (Å²) in [5.74, 6) is 1.36. The normalized spacial score (nSPS) is 37.4. The Bertz CT molecular complexity index is 341. The Kier molecular flexibility index (Phi) is 4.03. The second-order valence-electron chi connectivity index (χ2n) is 7.70. The van der Waals surface area contributed by atoms with Gasteiger partial charge < -0.3 is 14.7 Å². The van der Waals surface area contributed by atoms with Gasteiger partial charge in [0.25, 0.3) is 0 Å². The minimum Gasteiger partial charge on any atom is -0.390 e. The van der Waals surface area contributed by atoms with Crippen LogP contribution in [0.25, 0.3) is 0 Å². The van der Waals surface area contributed by atoms with E-state index < -0.39 is 5.60 Å². The molecule has 3 nitrogen and oxygen atoms in total. The molecule has 0 radical (unpaired) electrons. The second-order valence-corrected chi connectivity index (χ2v) is 9.51. The molecule has 2 unspecified atom stereocenters. The van der Waals surface area contributed by atoms with Crippen molar-refractivity contribution in [1.82, 2.24) is 4.90 Å². The molecule has 0 amide bonds. The number of hydrogen-bond donors (Lipinski definition) is 1. The van der Waals surface area contributed by atoms with Crippen LogP contribution >= 0.6 is 11.8 Å². The van der Waals surface area contributed by atoms with Crippen molar-refractivity contribution in [1.29, 1.82) is 0 Å². The Balaban J connectivity index is 2.06. The van der Waals surface area contributed by atoms with Crippen LogP contribution < -0.4 is 0 Å². The van der Waals surface area contributed by atoms with Crippen LogP contribution in [0.15, 0.2) is 0 Å². The third-order valence-corrected chi connectivity index (χ3v) is 5.77. The molecule has 1 N–H and O–H groups in total. The van der Waals surface area contributed by atoms with Crippen LogP contribution in [0.2, 0.25) is 0 Å². The summed E-state index contributed by atoms with van der Waals surface area (Å²) in [7, 11) is 0. The molecule has 2 rings (SSSR count). The van der Waals surface area contributed by atoms with E-state index in [0.29, 0.717) is 4.75 Å². The maximum atomic E-state index is 10.6. The Labute approximate surface area is 122 Å². The molecule has 2 heterocycles. The Hall–Kier alpha value is 0.230. The number of aliphatic hydroxyl groups is 1. The molecular weight excluding hydrogens is 258 g/mol. The van der Waals surface area contributed by atoms with Crippen molar-refractivity contribution in [2.75, 3.05) is 25.4 Å². The van der Waals surface area contributed by atoms with E-state index in [1.54, 1.807) is 0 Å². The van der Waals surface area contributed by atoms with E-state index in [2.05, 4.69) is 32.6 Å². The first-order valence-electron chi connectivity index (χ1n) is 7.28. The lowest BCUT2D eigenvalue weighted by molar-refractivity contribution is -0.0913. The number of ether oxygens (including phenoxy) is 1. The molecule has 0 aromatic rings. The summed E-state index contributed by atoms with van der Waals surface area (Å²) in [6.45, 7) is 16.0. The van der Waals surface area contributed by atoms with Crippen molar-refractivity contribution in [2.24, 2.45) is 5.92 Å². The molecule has 4 heteroatoms. The SMILES string of the molecule is CC1(C)CN(CC2C(O)C(C)(C)OC2(C)C)CCS1. The maximum absolute atomic E-state index is 10.6. The number of thioether (sulfide) groups is 1. The first kappa shape index (κ1) is 15.6. The largest absolute Gasteiger partial charge is 0.390 e. The van der Waals surface area contributed by atoms with E-state index in [1.165, 1.54) is 5.75 Å². The molecule has 0 spiro atoms. The Morgan fingerprint density at radius 3 is 2.26 bits per heavy atom. The zero-order valence-corrected chi connectivity index (χ0v) is 14.0. The van der Waals surface area contributed by atoms with Crippen LogP contribution in [0.4, 0.5) is 0 Å². The van der Waals surface area contributed by atoms with Crippen LogP contribution in [-0.4, -0.2) is 57.4 Å². The summed E-state index contributed by atoms with van der Waals surface area (Å²) in [4.78, 5) is 2.50. The second kappa shape index (κ2) is 4.90. The van der Waals surface area contributed by atoms with Crippen molar-refractivity contribution < 1.29 is 9.84 Å². The lowest BCUT2D eigenvalue weighted by atomic mass is 9.84. The van der Waals surface area contributed by atoms with Gasteiger partial charge in [-0.2, -0.15) is 11.8 Å². The maximum Gasteiger partial charge on any atom is 0.0896 e. The molecule has 0 saturated carbocycles. The molecule has 2 saturated heterocycles. The highest BCUT2D eigenvalue weighted by Crippen LogP contribution is 2.43. The van der Waals surface area contributed by atoms with E-state index >= 15 is 0 Å². The quantitative estimate of drug-likeness (QED) is 0.845. The molecule has 0 bridgehead atoms. The molecular formula is C15H29NO2S. The van der Waals surface area contributed by atoms with Crippen molar-refractivity contribution in [3.8, 4) is 0 Å². The highest BCUT2D eigenvalue weighted by atomic mass is 32.2. The van der Waals surface area contributed by atoms with E-state index in [0.717, 1.165) is 19.6 Å². The molecule has 2 aliphatic rings. The van der Waals surface area contributed by atoms with Crippen LogP contribution in [0, 0.1) is 5.92 Å². The van der Waals surface area contributed by atoms with Gasteiger partial charge in [0.2, 0.25) is 0 Å². The average Bonchev–Trinajstić information content (AvgIpc) is 2.35. The van der Waals surface area contributed by atoms with Crippen LogP contribution in [0.1, 0.15) is 41.5 Å². The van der Waals surface area contributed by atoms with Gasteiger partial charge in [-0.25, -0.2) is 0 Å². The zero-order chi connectivity index (χ0) is 14.5. The third kappa shape index (κ3) is 3.29. The zero-order valence-electron chi connectivity index (χ0n) is 13.2. The van der Waals surface area contributed by atoms with Gasteiger partial charge in [-0.05, 0) is 41.5 Å². The lowest BCUT2D eigenvalue weighted by Gasteiger charge is -2.40. The van der Waals surface area contributed by atoms with Gasteiger partial charge in [0.05, 0.1) is 17.3 Å². The van der Waals surface area contributed by atoms with Crippen LogP contribution in [-0.2, 0) is 4.74 Å². The number of rotatable bonds is 2. The monoisotopic (exact) mass is 287 g/mol. The number of aliphatic hydroxyl groups excluding tert-OH is 1. The van der Waals surface area contributed by atoms with Gasteiger partial charge in [-0.1, -0.05) is 0 Å². The van der Waals surface area contributed by atoms with Crippen molar-refractivity contribution in [2.45, 2.75) is 63.6 Å². The first-order chi connectivity index (χ1) is 8.54. The average molecular weight is 287 g/mol. The molecule has 2 fully saturated rings. The van der Waals surface area contributed by atoms with E-state index in [1.807, 2.05) is 25.6 Å². The van der Waals surface area contributed by atoms with E-state index in [9.17, 15) is 5.11 Å². The predicted octanol–water partition coefficient (Wildman–Crippen LogP) is 2.38. The van der Waals surface area contributed by atoms with Gasteiger partial charge in [-0.3, -0.25) is 0 Å². The van der Waals surface area contributed by atoms with Crippen molar-refractivity contribution in [3.05, 3.63) is 0 Å².